The molecule has 1 aromatic carbocycles. The quantitative estimate of drug-likeness (QED) is 0.848. The van der Waals surface area contributed by atoms with Crippen LogP contribution in [0.25, 0.3) is 0 Å². The average molecular weight is 248 g/mol. The molecule has 0 atom stereocenters. The van der Waals surface area contributed by atoms with Gasteiger partial charge in [-0.15, -0.1) is 11.8 Å². The van der Waals surface area contributed by atoms with Crippen LogP contribution in [0.2, 0.25) is 0 Å². The topological polar surface area (TPSA) is 55.1 Å². The van der Waals surface area contributed by atoms with E-state index in [9.17, 15) is 4.79 Å². The van der Waals surface area contributed by atoms with E-state index in [1.54, 1.807) is 36.9 Å². The summed E-state index contributed by atoms with van der Waals surface area (Å²) in [5.41, 5.74) is 0.600. The van der Waals surface area contributed by atoms with Crippen LogP contribution in [-0.4, -0.2) is 17.3 Å². The summed E-state index contributed by atoms with van der Waals surface area (Å²) in [6, 6.07) is 9.07. The second-order valence-corrected chi connectivity index (χ2v) is 4.39. The van der Waals surface area contributed by atoms with Gasteiger partial charge in [0.05, 0.1) is 0 Å². The number of benzene rings is 1. The molecule has 4 nitrogen and oxygen atoms in total. The van der Waals surface area contributed by atoms with E-state index in [0.717, 1.165) is 4.90 Å². The Morgan fingerprint density at radius 1 is 1.35 bits per heavy atom. The van der Waals surface area contributed by atoms with Crippen molar-refractivity contribution in [2.75, 3.05) is 11.6 Å². The summed E-state index contributed by atoms with van der Waals surface area (Å²) in [5, 5.41) is 6.37. The summed E-state index contributed by atoms with van der Waals surface area (Å²) in [7, 11) is 0. The number of hydrogen-bond donors (Lipinski definition) is 1. The van der Waals surface area contributed by atoms with Gasteiger partial charge in [-0.3, -0.25) is 4.79 Å². The van der Waals surface area contributed by atoms with Gasteiger partial charge in [0.1, 0.15) is 5.76 Å². The molecular weight excluding hydrogens is 236 g/mol. The summed E-state index contributed by atoms with van der Waals surface area (Å²) in [6.45, 7) is 1.77. The predicted molar refractivity (Wildman–Crippen MR) is 67.4 cm³/mol. The molecule has 0 unspecified atom stereocenters. The van der Waals surface area contributed by atoms with Crippen LogP contribution < -0.4 is 5.32 Å². The Balaban J connectivity index is 2.09. The van der Waals surface area contributed by atoms with Crippen molar-refractivity contribution in [1.82, 2.24) is 5.16 Å². The van der Waals surface area contributed by atoms with Crippen LogP contribution in [-0.2, 0) is 0 Å². The molecule has 0 aliphatic rings. The lowest BCUT2D eigenvalue weighted by molar-refractivity contribution is 0.102. The SMILES string of the molecule is CSc1ccc(C(=O)Nc2cc(C)on2)cc1. The van der Waals surface area contributed by atoms with Crippen LogP contribution in [0.1, 0.15) is 16.1 Å². The highest BCUT2D eigenvalue weighted by atomic mass is 32.2. The average Bonchev–Trinajstić information content (AvgIpc) is 2.75. The van der Waals surface area contributed by atoms with Crippen molar-refractivity contribution in [3.05, 3.63) is 41.7 Å². The molecule has 0 saturated carbocycles. The van der Waals surface area contributed by atoms with Gasteiger partial charge in [-0.1, -0.05) is 5.16 Å². The maximum Gasteiger partial charge on any atom is 0.256 e. The van der Waals surface area contributed by atoms with Crippen LogP contribution >= 0.6 is 11.8 Å². The van der Waals surface area contributed by atoms with Crippen LogP contribution in [0.4, 0.5) is 5.82 Å². The first-order chi connectivity index (χ1) is 8.19. The van der Waals surface area contributed by atoms with Crippen molar-refractivity contribution in [3.8, 4) is 0 Å². The van der Waals surface area contributed by atoms with Crippen LogP contribution in [0.3, 0.4) is 0 Å². The molecule has 5 heteroatoms. The van der Waals surface area contributed by atoms with E-state index in [2.05, 4.69) is 10.5 Å². The number of carbonyl (C=O) groups excluding carboxylic acids is 1. The minimum atomic E-state index is -0.189. The highest BCUT2D eigenvalue weighted by Gasteiger charge is 2.08. The van der Waals surface area contributed by atoms with Crippen LogP contribution in [0.15, 0.2) is 39.8 Å². The lowest BCUT2D eigenvalue weighted by atomic mass is 10.2. The van der Waals surface area contributed by atoms with Gasteiger partial charge in [0.2, 0.25) is 0 Å². The summed E-state index contributed by atoms with van der Waals surface area (Å²) in [6.07, 6.45) is 1.99. The molecule has 1 N–H and O–H groups in total. The minimum Gasteiger partial charge on any atom is -0.360 e. The molecule has 0 aliphatic carbocycles. The van der Waals surface area contributed by atoms with E-state index in [0.29, 0.717) is 17.1 Å². The van der Waals surface area contributed by atoms with Crippen molar-refractivity contribution in [1.29, 1.82) is 0 Å². The van der Waals surface area contributed by atoms with Gasteiger partial charge >= 0.3 is 0 Å². The second kappa shape index (κ2) is 5.05. The minimum absolute atomic E-state index is 0.189. The fourth-order valence-corrected chi connectivity index (χ4v) is 1.76. The zero-order valence-corrected chi connectivity index (χ0v) is 10.4. The highest BCUT2D eigenvalue weighted by Crippen LogP contribution is 2.16. The maximum atomic E-state index is 11.8. The third kappa shape index (κ3) is 2.88. The van der Waals surface area contributed by atoms with Crippen molar-refractivity contribution in [2.45, 2.75) is 11.8 Å². The summed E-state index contributed by atoms with van der Waals surface area (Å²) < 4.78 is 4.87. The molecule has 1 aromatic heterocycles. The van der Waals surface area contributed by atoms with Gasteiger partial charge < -0.3 is 9.84 Å². The smallest absolute Gasteiger partial charge is 0.256 e. The summed E-state index contributed by atoms with van der Waals surface area (Å²) >= 11 is 1.64. The van der Waals surface area contributed by atoms with Crippen molar-refractivity contribution in [2.24, 2.45) is 0 Å². The number of carbonyl (C=O) groups is 1. The fraction of sp³-hybridized carbons (Fsp3) is 0.167. The van der Waals surface area contributed by atoms with E-state index in [4.69, 9.17) is 4.52 Å². The monoisotopic (exact) mass is 248 g/mol. The fourth-order valence-electron chi connectivity index (χ4n) is 1.36. The van der Waals surface area contributed by atoms with Crippen molar-refractivity contribution in [3.63, 3.8) is 0 Å². The lowest BCUT2D eigenvalue weighted by Gasteiger charge is -2.02. The van der Waals surface area contributed by atoms with Gasteiger partial charge in [-0.2, -0.15) is 0 Å². The van der Waals surface area contributed by atoms with E-state index in [-0.39, 0.29) is 5.91 Å². The van der Waals surface area contributed by atoms with Gasteiger partial charge in [-0.25, -0.2) is 0 Å². The lowest BCUT2D eigenvalue weighted by Crippen LogP contribution is -2.11. The third-order valence-electron chi connectivity index (χ3n) is 2.22. The van der Waals surface area contributed by atoms with Gasteiger partial charge in [0, 0.05) is 16.5 Å². The first-order valence-corrected chi connectivity index (χ1v) is 6.30. The zero-order valence-electron chi connectivity index (χ0n) is 9.56. The second-order valence-electron chi connectivity index (χ2n) is 3.51. The Kier molecular flexibility index (Phi) is 3.49. The standard InChI is InChI=1S/C12H12N2O2S/c1-8-7-11(14-16-8)13-12(15)9-3-5-10(17-2)6-4-9/h3-7H,1-2H3,(H,13,14,15). The molecular formula is C12H12N2O2S. The number of thioether (sulfide) groups is 1. The van der Waals surface area contributed by atoms with Crippen LogP contribution in [0, 0.1) is 6.92 Å². The largest absolute Gasteiger partial charge is 0.360 e. The number of amides is 1. The first-order valence-electron chi connectivity index (χ1n) is 5.08. The molecule has 17 heavy (non-hydrogen) atoms. The Morgan fingerprint density at radius 3 is 2.59 bits per heavy atom. The van der Waals surface area contributed by atoms with E-state index in [1.165, 1.54) is 0 Å². The molecule has 0 bridgehead atoms. The number of rotatable bonds is 3. The third-order valence-corrected chi connectivity index (χ3v) is 2.97. The normalized spacial score (nSPS) is 10.2. The number of hydrogen-bond acceptors (Lipinski definition) is 4. The highest BCUT2D eigenvalue weighted by molar-refractivity contribution is 7.98. The summed E-state index contributed by atoms with van der Waals surface area (Å²) in [5.74, 6) is 0.908. The number of anilines is 1. The van der Waals surface area contributed by atoms with E-state index < -0.39 is 0 Å². The molecule has 0 spiro atoms. The molecule has 0 aliphatic heterocycles. The molecule has 2 rings (SSSR count). The maximum absolute atomic E-state index is 11.8. The summed E-state index contributed by atoms with van der Waals surface area (Å²) in [4.78, 5) is 12.9. The Bertz CT molecular complexity index is 520. The van der Waals surface area contributed by atoms with Gasteiger partial charge in [0.25, 0.3) is 5.91 Å². The predicted octanol–water partition coefficient (Wildman–Crippen LogP) is 2.96. The zero-order chi connectivity index (χ0) is 12.3. The number of nitrogens with one attached hydrogen (secondary N) is 1. The van der Waals surface area contributed by atoms with Crippen molar-refractivity contribution >= 4 is 23.5 Å². The van der Waals surface area contributed by atoms with Crippen molar-refractivity contribution < 1.29 is 9.32 Å². The number of aryl methyl sites for hydroxylation is 1. The molecule has 1 amide bonds. The first kappa shape index (κ1) is 11.7. The molecule has 0 fully saturated rings. The van der Waals surface area contributed by atoms with Crippen LogP contribution in [0.5, 0.6) is 0 Å². The molecule has 88 valence electrons. The van der Waals surface area contributed by atoms with E-state index in [1.807, 2.05) is 18.4 Å². The Morgan fingerprint density at radius 2 is 2.06 bits per heavy atom. The molecule has 2 aromatic rings. The molecule has 0 radical (unpaired) electrons. The van der Waals surface area contributed by atoms with E-state index >= 15 is 0 Å². The Labute approximate surface area is 103 Å². The Hall–Kier alpha value is -1.75. The molecule has 0 saturated heterocycles. The molecule has 1 heterocycles. The van der Waals surface area contributed by atoms with Gasteiger partial charge in [0.15, 0.2) is 5.82 Å². The van der Waals surface area contributed by atoms with Gasteiger partial charge in [-0.05, 0) is 37.4 Å². The number of aromatic nitrogens is 1. The number of nitrogens with zero attached hydrogens (tertiary/aromatic N) is 1.